The van der Waals surface area contributed by atoms with Crippen molar-refractivity contribution >= 4 is 5.91 Å². The maximum Gasteiger partial charge on any atom is 0.222 e. The van der Waals surface area contributed by atoms with Gasteiger partial charge in [0.1, 0.15) is 12.2 Å². The maximum absolute atomic E-state index is 12.3. The van der Waals surface area contributed by atoms with Crippen LogP contribution in [0.5, 0.6) is 0 Å². The molecule has 17 N–H and O–H groups in total. The summed E-state index contributed by atoms with van der Waals surface area (Å²) >= 11 is 0. The van der Waals surface area contributed by atoms with Gasteiger partial charge < -0.3 is 88.3 Å². The lowest BCUT2D eigenvalue weighted by molar-refractivity contribution is -0.273. The smallest absolute Gasteiger partial charge is 0.222 e. The molecule has 46 heavy (non-hydrogen) atoms. The van der Waals surface area contributed by atoms with Gasteiger partial charge in [0.15, 0.2) is 12.6 Å². The highest BCUT2D eigenvalue weighted by Crippen LogP contribution is 2.32. The molecule has 3 aliphatic heterocycles. The van der Waals surface area contributed by atoms with Crippen LogP contribution in [0.4, 0.5) is 0 Å². The average Bonchev–Trinajstić information content (AvgIpc) is 3.51. The monoisotopic (exact) mass is 670 g/mol. The second-order valence-corrected chi connectivity index (χ2v) is 12.0. The number of rotatable bonds is 11. The molecule has 4 aliphatic rings. The van der Waals surface area contributed by atoms with Gasteiger partial charge in [0.2, 0.25) is 5.91 Å². The van der Waals surface area contributed by atoms with E-state index in [2.05, 4.69) is 5.32 Å². The summed E-state index contributed by atoms with van der Waals surface area (Å²) in [5.41, 5.74) is 28.2. The molecule has 272 valence electrons. The van der Waals surface area contributed by atoms with E-state index in [1.54, 1.807) is 0 Å². The molecule has 4 rings (SSSR count). The van der Waals surface area contributed by atoms with Crippen LogP contribution in [0.2, 0.25) is 0 Å². The summed E-state index contributed by atoms with van der Waals surface area (Å²) in [5, 5.41) is 57.4. The van der Waals surface area contributed by atoms with Gasteiger partial charge in [-0.1, -0.05) is 0 Å². The minimum Gasteiger partial charge on any atom is -0.400 e. The standard InChI is InChI=1S/C21H40N4O8.C6H14N2O3.CH4O/c22-8-12(27)7-18(29)25-11-5-14(24)21(33-20-4-2-15(28)17(9-23)32-20)16(6-11)31-19-3-1-13(10-26)30-19;7-1-4-6(10)5(9)3(8)2-11-4;1-2/h11-17,19-21,26-28H,1-10,22-24H2,(H,25,29);3-6,9-10H,1-2,7-8H2;2H,1H3/t11?,12?,13?,14?,15?,16?,17?,19?,20-,21-;3-,4-,5?,6+;/m10./s1. The third kappa shape index (κ3) is 12.4. The Bertz CT molecular complexity index is 853. The number of aliphatic hydroxyl groups excluding tert-OH is 6. The molecule has 1 aliphatic carbocycles. The number of carbonyl (C=O) groups excluding carboxylic acids is 1. The molecule has 1 saturated carbocycles. The van der Waals surface area contributed by atoms with E-state index in [1.807, 2.05) is 0 Å². The van der Waals surface area contributed by atoms with Gasteiger partial charge in [-0.3, -0.25) is 4.79 Å². The zero-order chi connectivity index (χ0) is 34.4. The molecule has 14 atom stereocenters. The summed E-state index contributed by atoms with van der Waals surface area (Å²) in [6.07, 6.45) is -3.65. The highest BCUT2D eigenvalue weighted by Gasteiger charge is 2.43. The van der Waals surface area contributed by atoms with Gasteiger partial charge in [0.05, 0.1) is 68.4 Å². The summed E-state index contributed by atoms with van der Waals surface area (Å²) < 4.78 is 29.0. The van der Waals surface area contributed by atoms with Crippen molar-refractivity contribution in [1.29, 1.82) is 0 Å². The van der Waals surface area contributed by atoms with Crippen LogP contribution in [-0.2, 0) is 28.5 Å². The van der Waals surface area contributed by atoms with E-state index in [-0.39, 0.29) is 57.3 Å². The van der Waals surface area contributed by atoms with E-state index in [9.17, 15) is 30.3 Å². The minimum atomic E-state index is -0.955. The SMILES string of the molecule is CO.NCC(O)CC(=O)NC1CC(N)[C@@H](O[C@@H]2CCC(O)C(CN)O2)C(OC2CCC(CO)O2)C1.NC[C@@H]1OC[C@H](N)C(O)[C@@H]1O. The Morgan fingerprint density at radius 1 is 0.891 bits per heavy atom. The van der Waals surface area contributed by atoms with Crippen LogP contribution in [0.1, 0.15) is 44.9 Å². The van der Waals surface area contributed by atoms with Gasteiger partial charge in [-0.15, -0.1) is 0 Å². The lowest BCUT2D eigenvalue weighted by atomic mass is 9.86. The van der Waals surface area contributed by atoms with Crippen molar-refractivity contribution in [2.75, 3.05) is 40.0 Å². The molecule has 3 saturated heterocycles. The van der Waals surface area contributed by atoms with Crippen LogP contribution in [0.15, 0.2) is 0 Å². The highest BCUT2D eigenvalue weighted by atomic mass is 16.7. The number of nitrogens with two attached hydrogens (primary N) is 5. The average molecular weight is 671 g/mol. The Hall–Kier alpha value is -1.17. The van der Waals surface area contributed by atoms with Gasteiger partial charge in [0, 0.05) is 51.7 Å². The van der Waals surface area contributed by atoms with Gasteiger partial charge in [0.25, 0.3) is 0 Å². The Kier molecular flexibility index (Phi) is 18.7. The van der Waals surface area contributed by atoms with Crippen molar-refractivity contribution in [1.82, 2.24) is 5.32 Å². The van der Waals surface area contributed by atoms with Gasteiger partial charge in [-0.2, -0.15) is 0 Å². The molecule has 9 unspecified atom stereocenters. The predicted octanol–water partition coefficient (Wildman–Crippen LogP) is -5.60. The molecule has 0 bridgehead atoms. The van der Waals surface area contributed by atoms with Crippen LogP contribution in [0, 0.1) is 0 Å². The fourth-order valence-corrected chi connectivity index (χ4v) is 5.82. The summed E-state index contributed by atoms with van der Waals surface area (Å²) in [7, 11) is 1.00. The number of nitrogens with one attached hydrogen (secondary N) is 1. The molecular weight excluding hydrogens is 612 g/mol. The van der Waals surface area contributed by atoms with Crippen LogP contribution >= 0.6 is 0 Å². The quantitative estimate of drug-likeness (QED) is 0.0974. The van der Waals surface area contributed by atoms with Crippen molar-refractivity contribution in [3.05, 3.63) is 0 Å². The summed E-state index contributed by atoms with van der Waals surface area (Å²) in [6.45, 7) is 0.555. The maximum atomic E-state index is 12.3. The van der Waals surface area contributed by atoms with E-state index in [4.69, 9.17) is 57.5 Å². The Morgan fingerprint density at radius 3 is 2.15 bits per heavy atom. The van der Waals surface area contributed by atoms with E-state index in [0.29, 0.717) is 38.5 Å². The summed E-state index contributed by atoms with van der Waals surface area (Å²) in [6, 6.07) is -1.24. The first-order valence-corrected chi connectivity index (χ1v) is 15.9. The fraction of sp³-hybridized carbons (Fsp3) is 0.964. The van der Waals surface area contributed by atoms with E-state index in [0.717, 1.165) is 7.11 Å². The lowest BCUT2D eigenvalue weighted by Gasteiger charge is -2.43. The van der Waals surface area contributed by atoms with Crippen molar-refractivity contribution in [2.45, 2.75) is 131 Å². The molecule has 3 heterocycles. The van der Waals surface area contributed by atoms with E-state index >= 15 is 0 Å². The molecule has 0 radical (unpaired) electrons. The first kappa shape index (κ1) is 41.0. The first-order valence-electron chi connectivity index (χ1n) is 15.9. The summed E-state index contributed by atoms with van der Waals surface area (Å²) in [5.74, 6) is -0.309. The second kappa shape index (κ2) is 21.0. The largest absolute Gasteiger partial charge is 0.400 e. The molecule has 0 aromatic rings. The van der Waals surface area contributed by atoms with Crippen LogP contribution in [0.25, 0.3) is 0 Å². The molecule has 0 aromatic heterocycles. The molecule has 18 heteroatoms. The Labute approximate surface area is 269 Å². The molecule has 18 nitrogen and oxygen atoms in total. The van der Waals surface area contributed by atoms with Crippen molar-refractivity contribution in [3.63, 3.8) is 0 Å². The third-order valence-corrected chi connectivity index (χ3v) is 8.42. The number of ether oxygens (including phenoxy) is 5. The summed E-state index contributed by atoms with van der Waals surface area (Å²) in [4.78, 5) is 12.3. The first-order chi connectivity index (χ1) is 22.0. The van der Waals surface area contributed by atoms with Crippen molar-refractivity contribution in [3.8, 4) is 0 Å². The fourth-order valence-electron chi connectivity index (χ4n) is 5.82. The molecule has 0 aromatic carbocycles. The second-order valence-electron chi connectivity index (χ2n) is 12.0. The number of aliphatic hydroxyl groups is 6. The van der Waals surface area contributed by atoms with E-state index < -0.39 is 73.5 Å². The molecule has 1 amide bonds. The third-order valence-electron chi connectivity index (χ3n) is 8.42. The van der Waals surface area contributed by atoms with Crippen LogP contribution in [0.3, 0.4) is 0 Å². The van der Waals surface area contributed by atoms with Gasteiger partial charge >= 0.3 is 0 Å². The predicted molar refractivity (Wildman–Crippen MR) is 163 cm³/mol. The van der Waals surface area contributed by atoms with Crippen molar-refractivity contribution < 1.29 is 59.1 Å². The topological polar surface area (TPSA) is 327 Å². The number of hydrogen-bond acceptors (Lipinski definition) is 17. The number of carbonyl (C=O) groups is 1. The zero-order valence-corrected chi connectivity index (χ0v) is 26.6. The highest BCUT2D eigenvalue weighted by molar-refractivity contribution is 5.76. The minimum absolute atomic E-state index is 0.00414. The van der Waals surface area contributed by atoms with Gasteiger partial charge in [-0.05, 0) is 25.7 Å². The van der Waals surface area contributed by atoms with Crippen LogP contribution in [-0.4, -0.2) is 162 Å². The van der Waals surface area contributed by atoms with Gasteiger partial charge in [-0.25, -0.2) is 0 Å². The van der Waals surface area contributed by atoms with Crippen LogP contribution < -0.4 is 34.0 Å². The zero-order valence-electron chi connectivity index (χ0n) is 26.6. The Morgan fingerprint density at radius 2 is 1.54 bits per heavy atom. The Balaban J connectivity index is 0.000000475. The molecule has 0 spiro atoms. The normalized spacial score (nSPS) is 40.1. The molecule has 4 fully saturated rings. The lowest BCUT2D eigenvalue weighted by Crippen LogP contribution is -2.59. The molecular formula is C28H58N6O12. The van der Waals surface area contributed by atoms with E-state index in [1.165, 1.54) is 0 Å². The number of hydrogen-bond donors (Lipinski definition) is 12. The number of amides is 1. The van der Waals surface area contributed by atoms with Crippen molar-refractivity contribution in [2.24, 2.45) is 28.7 Å².